The van der Waals surface area contributed by atoms with Crippen LogP contribution in [-0.2, 0) is 0 Å². The van der Waals surface area contributed by atoms with Crippen molar-refractivity contribution >= 4 is 40.0 Å². The van der Waals surface area contributed by atoms with Crippen LogP contribution in [0.25, 0.3) is 0 Å². The van der Waals surface area contributed by atoms with Gasteiger partial charge in [0.25, 0.3) is 0 Å². The molecule has 2 aromatic rings. The largest absolute Gasteiger partial charge is 0.374 e. The summed E-state index contributed by atoms with van der Waals surface area (Å²) < 4.78 is 16.8. The molecule has 0 spiro atoms. The number of rotatable bonds is 2. The normalized spacial score (nSPS) is 10.5. The summed E-state index contributed by atoms with van der Waals surface area (Å²) in [5, 5.41) is 1.04. The fraction of sp³-hybridized carbons (Fsp3) is 0. The highest BCUT2D eigenvalue weighted by atomic mass is 35.5. The van der Waals surface area contributed by atoms with Crippen LogP contribution in [0, 0.1) is 5.82 Å². The fourth-order valence-electron chi connectivity index (χ4n) is 0.908. The summed E-state index contributed by atoms with van der Waals surface area (Å²) in [5.74, 6) is -0.438. The first-order valence-corrected chi connectivity index (χ1v) is 5.84. The van der Waals surface area contributed by atoms with Crippen molar-refractivity contribution in [1.29, 1.82) is 0 Å². The number of hydrogen-bond donors (Lipinski definition) is 1. The number of halogens is 2. The molecule has 0 aliphatic rings. The maximum absolute atomic E-state index is 12.9. The van der Waals surface area contributed by atoms with Crippen LogP contribution in [0.1, 0.15) is 0 Å². The molecular formula is C8H5ClFN3S2. The standard InChI is InChI=1S/C8H5ClFN3S2/c9-5-3-4(1-2-6(5)10)14-8-12-7(11)15-13-8/h1-3H,(H2,11,12,13). The lowest BCUT2D eigenvalue weighted by atomic mass is 10.3. The second-order valence-corrected chi connectivity index (χ2v) is 4.82. The lowest BCUT2D eigenvalue weighted by Crippen LogP contribution is -1.82. The van der Waals surface area contributed by atoms with Gasteiger partial charge >= 0.3 is 0 Å². The highest BCUT2D eigenvalue weighted by Gasteiger charge is 2.06. The summed E-state index contributed by atoms with van der Waals surface area (Å²) in [4.78, 5) is 4.75. The molecule has 0 fully saturated rings. The molecule has 3 nitrogen and oxygen atoms in total. The van der Waals surface area contributed by atoms with E-state index in [1.165, 1.54) is 23.9 Å². The van der Waals surface area contributed by atoms with Crippen molar-refractivity contribution in [3.63, 3.8) is 0 Å². The molecule has 7 heteroatoms. The van der Waals surface area contributed by atoms with E-state index in [-0.39, 0.29) is 5.02 Å². The molecular weight excluding hydrogens is 257 g/mol. The first-order valence-electron chi connectivity index (χ1n) is 3.87. The van der Waals surface area contributed by atoms with Crippen molar-refractivity contribution in [3.05, 3.63) is 29.0 Å². The van der Waals surface area contributed by atoms with Crippen LogP contribution in [-0.4, -0.2) is 9.36 Å². The second-order valence-electron chi connectivity index (χ2n) is 2.59. The van der Waals surface area contributed by atoms with Crippen LogP contribution < -0.4 is 5.73 Å². The van der Waals surface area contributed by atoms with Crippen molar-refractivity contribution in [1.82, 2.24) is 9.36 Å². The quantitative estimate of drug-likeness (QED) is 0.903. The highest BCUT2D eigenvalue weighted by molar-refractivity contribution is 7.99. The molecule has 0 unspecified atom stereocenters. The average molecular weight is 262 g/mol. The number of hydrogen-bond acceptors (Lipinski definition) is 5. The molecule has 0 atom stereocenters. The van der Waals surface area contributed by atoms with Gasteiger partial charge in [0.2, 0.25) is 10.3 Å². The molecule has 2 rings (SSSR count). The van der Waals surface area contributed by atoms with E-state index in [1.54, 1.807) is 6.07 Å². The van der Waals surface area contributed by atoms with Gasteiger partial charge in [0.05, 0.1) is 5.02 Å². The number of nitrogens with zero attached hydrogens (tertiary/aromatic N) is 2. The van der Waals surface area contributed by atoms with Gasteiger partial charge in [-0.3, -0.25) is 0 Å². The zero-order chi connectivity index (χ0) is 10.8. The van der Waals surface area contributed by atoms with Crippen molar-refractivity contribution in [2.24, 2.45) is 0 Å². The predicted octanol–water partition coefficient (Wildman–Crippen LogP) is 3.06. The summed E-state index contributed by atoms with van der Waals surface area (Å²) >= 11 is 8.04. The Kier molecular flexibility index (Phi) is 3.08. The van der Waals surface area contributed by atoms with Crippen molar-refractivity contribution in [3.8, 4) is 0 Å². The molecule has 1 aromatic carbocycles. The van der Waals surface area contributed by atoms with Gasteiger partial charge in [-0.1, -0.05) is 11.6 Å². The first-order chi connectivity index (χ1) is 7.15. The third-order valence-electron chi connectivity index (χ3n) is 1.52. The molecule has 0 aliphatic carbocycles. The lowest BCUT2D eigenvalue weighted by molar-refractivity contribution is 0.627. The van der Waals surface area contributed by atoms with Crippen LogP contribution >= 0.6 is 34.9 Å². The summed E-state index contributed by atoms with van der Waals surface area (Å²) in [6.45, 7) is 0. The smallest absolute Gasteiger partial charge is 0.206 e. The maximum atomic E-state index is 12.9. The van der Waals surface area contributed by atoms with Crippen molar-refractivity contribution in [2.75, 3.05) is 5.73 Å². The zero-order valence-corrected chi connectivity index (χ0v) is 9.67. The van der Waals surface area contributed by atoms with Crippen LogP contribution in [0.3, 0.4) is 0 Å². The molecule has 0 saturated heterocycles. The first kappa shape index (κ1) is 10.7. The van der Waals surface area contributed by atoms with E-state index >= 15 is 0 Å². The Morgan fingerprint density at radius 1 is 1.47 bits per heavy atom. The van der Waals surface area contributed by atoms with Gasteiger partial charge in [0.1, 0.15) is 5.82 Å². The van der Waals surface area contributed by atoms with Gasteiger partial charge in [0.15, 0.2) is 0 Å². The molecule has 0 bridgehead atoms. The molecule has 1 heterocycles. The Balaban J connectivity index is 2.21. The second kappa shape index (κ2) is 4.34. The van der Waals surface area contributed by atoms with Crippen molar-refractivity contribution in [2.45, 2.75) is 10.1 Å². The Morgan fingerprint density at radius 2 is 2.27 bits per heavy atom. The van der Waals surface area contributed by atoms with Gasteiger partial charge in [-0.15, -0.1) is 0 Å². The molecule has 0 aliphatic heterocycles. The lowest BCUT2D eigenvalue weighted by Gasteiger charge is -1.98. The Hall–Kier alpha value is -0.850. The average Bonchev–Trinajstić information content (AvgIpc) is 2.58. The minimum absolute atomic E-state index is 0.0863. The molecule has 78 valence electrons. The van der Waals surface area contributed by atoms with E-state index in [0.29, 0.717) is 10.3 Å². The van der Waals surface area contributed by atoms with Gasteiger partial charge in [-0.25, -0.2) is 4.39 Å². The third kappa shape index (κ3) is 2.58. The van der Waals surface area contributed by atoms with Crippen LogP contribution in [0.2, 0.25) is 5.02 Å². The van der Waals surface area contributed by atoms with Gasteiger partial charge in [-0.05, 0) is 30.0 Å². The van der Waals surface area contributed by atoms with E-state index in [4.69, 9.17) is 17.3 Å². The Labute approximate surface area is 98.6 Å². The summed E-state index contributed by atoms with van der Waals surface area (Å²) in [7, 11) is 0. The topological polar surface area (TPSA) is 51.8 Å². The SMILES string of the molecule is Nc1nc(Sc2ccc(F)c(Cl)c2)ns1. The number of aromatic nitrogens is 2. The molecule has 0 radical (unpaired) electrons. The fourth-order valence-corrected chi connectivity index (χ4v) is 2.48. The minimum atomic E-state index is -0.438. The Morgan fingerprint density at radius 3 is 2.87 bits per heavy atom. The summed E-state index contributed by atoms with van der Waals surface area (Å²) in [6, 6.07) is 4.45. The molecule has 1 aromatic heterocycles. The van der Waals surface area contributed by atoms with Crippen molar-refractivity contribution < 1.29 is 4.39 Å². The maximum Gasteiger partial charge on any atom is 0.206 e. The number of anilines is 1. The van der Waals surface area contributed by atoms with Gasteiger partial charge in [0, 0.05) is 16.4 Å². The summed E-state index contributed by atoms with van der Waals surface area (Å²) in [6.07, 6.45) is 0. The highest BCUT2D eigenvalue weighted by Crippen LogP contribution is 2.29. The molecule has 15 heavy (non-hydrogen) atoms. The van der Waals surface area contributed by atoms with Crippen LogP contribution in [0.5, 0.6) is 0 Å². The van der Waals surface area contributed by atoms with Crippen LogP contribution in [0.4, 0.5) is 9.52 Å². The van der Waals surface area contributed by atoms with Crippen LogP contribution in [0.15, 0.2) is 28.3 Å². The van der Waals surface area contributed by atoms with Gasteiger partial charge < -0.3 is 5.73 Å². The number of benzene rings is 1. The third-order valence-corrected chi connectivity index (χ3v) is 3.33. The van der Waals surface area contributed by atoms with E-state index in [9.17, 15) is 4.39 Å². The number of nitrogens with two attached hydrogens (primary N) is 1. The Bertz CT molecular complexity index is 488. The summed E-state index contributed by atoms with van der Waals surface area (Å²) in [5.41, 5.74) is 5.43. The zero-order valence-electron chi connectivity index (χ0n) is 7.28. The molecule has 0 saturated carbocycles. The predicted molar refractivity (Wildman–Crippen MR) is 59.9 cm³/mol. The minimum Gasteiger partial charge on any atom is -0.374 e. The monoisotopic (exact) mass is 261 g/mol. The van der Waals surface area contributed by atoms with E-state index in [0.717, 1.165) is 16.4 Å². The van der Waals surface area contributed by atoms with E-state index in [2.05, 4.69) is 9.36 Å². The molecule has 2 N–H and O–H groups in total. The van der Waals surface area contributed by atoms with Gasteiger partial charge in [-0.2, -0.15) is 9.36 Å². The molecule has 0 amide bonds. The number of nitrogen functional groups attached to an aromatic ring is 1. The van der Waals surface area contributed by atoms with E-state index < -0.39 is 5.82 Å². The van der Waals surface area contributed by atoms with E-state index in [1.807, 2.05) is 0 Å².